The Bertz CT molecular complexity index is 474. The van der Waals surface area contributed by atoms with Gasteiger partial charge in [0.1, 0.15) is 0 Å². The summed E-state index contributed by atoms with van der Waals surface area (Å²) in [6.07, 6.45) is 21.5. The molecule has 6 nitrogen and oxygen atoms in total. The van der Waals surface area contributed by atoms with Crippen LogP contribution in [0.15, 0.2) is 25.3 Å². The molecule has 0 aromatic rings. The fourth-order valence-electron chi connectivity index (χ4n) is 3.04. The van der Waals surface area contributed by atoms with Crippen LogP contribution in [-0.2, 0) is 38.1 Å². The van der Waals surface area contributed by atoms with Gasteiger partial charge in [0.2, 0.25) is 0 Å². The molecule has 7 heteroatoms. The van der Waals surface area contributed by atoms with Crippen LogP contribution in [0, 0.1) is 17.8 Å². The molecule has 34 heavy (non-hydrogen) atoms. The van der Waals surface area contributed by atoms with Gasteiger partial charge in [0.05, 0.1) is 0 Å². The monoisotopic (exact) mass is 517 g/mol. The Hall–Kier alpha value is -1.40. The van der Waals surface area contributed by atoms with Crippen molar-refractivity contribution >= 4 is 18.2 Å². The van der Waals surface area contributed by atoms with Crippen molar-refractivity contribution in [1.82, 2.24) is 0 Å². The minimum atomic E-state index is -0.981. The van der Waals surface area contributed by atoms with Gasteiger partial charge in [0.15, 0.2) is 0 Å². The molecular weight excluding hydrogens is 468 g/mol. The number of carbonyl (C=O) groups excluding carboxylic acids is 1. The molecule has 0 saturated heterocycles. The molecule has 0 radical (unpaired) electrons. The number of carboxylic acid groups (broad SMARTS) is 2. The van der Waals surface area contributed by atoms with Gasteiger partial charge < -0.3 is 15.0 Å². The van der Waals surface area contributed by atoms with Gasteiger partial charge in [0, 0.05) is 12.2 Å². The van der Waals surface area contributed by atoms with Gasteiger partial charge in [-0.25, -0.2) is 9.59 Å². The van der Waals surface area contributed by atoms with Crippen molar-refractivity contribution in [3.8, 4) is 0 Å². The molecule has 0 aromatic carbocycles. The van der Waals surface area contributed by atoms with E-state index in [4.69, 9.17) is 13.5 Å². The van der Waals surface area contributed by atoms with Gasteiger partial charge in [-0.3, -0.25) is 6.29 Å². The van der Waals surface area contributed by atoms with E-state index < -0.39 is 11.9 Å². The minimum absolute atomic E-state index is 0.163. The molecule has 0 spiro atoms. The van der Waals surface area contributed by atoms with Crippen LogP contribution in [0.1, 0.15) is 111 Å². The molecule has 0 bridgehead atoms. The second-order valence-corrected chi connectivity index (χ2v) is 8.91. The summed E-state index contributed by atoms with van der Waals surface area (Å²) in [5.74, 6) is -0.469. The van der Waals surface area contributed by atoms with Crippen molar-refractivity contribution in [1.29, 1.82) is 0 Å². The quantitative estimate of drug-likeness (QED) is 0.0844. The van der Waals surface area contributed by atoms with Gasteiger partial charge in [-0.1, -0.05) is 130 Å². The average Bonchev–Trinajstić information content (AvgIpc) is 2.81. The van der Waals surface area contributed by atoms with Crippen molar-refractivity contribution in [2.24, 2.45) is 17.8 Å². The van der Waals surface area contributed by atoms with E-state index in [1.807, 2.05) is 0 Å². The molecule has 0 heterocycles. The van der Waals surface area contributed by atoms with E-state index in [9.17, 15) is 14.4 Å². The summed E-state index contributed by atoms with van der Waals surface area (Å²) in [6.45, 7) is 14.8. The Morgan fingerprint density at radius 1 is 0.706 bits per heavy atom. The number of carbonyl (C=O) groups is 2. The molecule has 0 aromatic heterocycles. The van der Waals surface area contributed by atoms with Crippen LogP contribution in [0.25, 0.3) is 0 Å². The first-order valence-electron chi connectivity index (χ1n) is 12.4. The van der Waals surface area contributed by atoms with E-state index in [0.29, 0.717) is 5.92 Å². The molecule has 0 aliphatic heterocycles. The first-order chi connectivity index (χ1) is 16.1. The summed E-state index contributed by atoms with van der Waals surface area (Å²) in [6, 6.07) is 0. The van der Waals surface area contributed by atoms with E-state index in [1.165, 1.54) is 77.0 Å². The van der Waals surface area contributed by atoms with E-state index in [0.717, 1.165) is 44.9 Å². The Labute approximate surface area is 220 Å². The number of hydrogen-bond donors (Lipinski definition) is 2. The van der Waals surface area contributed by atoms with Crippen LogP contribution in [0.2, 0.25) is 0 Å². The summed E-state index contributed by atoms with van der Waals surface area (Å²) in [4.78, 5) is 29.3. The third-order valence-corrected chi connectivity index (χ3v) is 5.10. The van der Waals surface area contributed by atoms with Crippen LogP contribution in [-0.4, -0.2) is 28.4 Å². The fourth-order valence-corrected chi connectivity index (χ4v) is 3.04. The van der Waals surface area contributed by atoms with Crippen LogP contribution in [0.3, 0.4) is 0 Å². The van der Waals surface area contributed by atoms with Gasteiger partial charge in [-0.15, -0.1) is 5.92 Å². The van der Waals surface area contributed by atoms with E-state index in [1.54, 1.807) is 0 Å². The van der Waals surface area contributed by atoms with Crippen molar-refractivity contribution in [3.05, 3.63) is 25.3 Å². The fraction of sp³-hybridized carbons (Fsp3) is 0.741. The van der Waals surface area contributed by atoms with Gasteiger partial charge in [0.25, 0.3) is 0 Å². The second-order valence-electron chi connectivity index (χ2n) is 8.91. The topological polar surface area (TPSA) is 109 Å². The Morgan fingerprint density at radius 2 is 0.971 bits per heavy atom. The summed E-state index contributed by atoms with van der Waals surface area (Å²) in [7, 11) is 0. The molecule has 0 fully saturated rings. The SMILES string of the molecule is C=CC(=O)O.C=CC(=O)O.CC(C)CCCCCCCCCCCCCC([C-]=O)C(C)C.[O]=[Ti+]. The summed E-state index contributed by atoms with van der Waals surface area (Å²) in [5, 5.41) is 15.2. The van der Waals surface area contributed by atoms with E-state index in [2.05, 4.69) is 47.1 Å². The van der Waals surface area contributed by atoms with Crippen molar-refractivity contribution < 1.29 is 48.3 Å². The standard InChI is InChI=1S/C21H41O.2C3H4O2.O.Ti/c1-19(2)16-14-12-10-8-6-5-7-9-11-13-15-17-21(18-22)20(3)4;2*1-2-3(4)5;;/h19-21H,5-17H2,1-4H3;2*2H,1H2,(H,4,5);;/q-1;;;;+1. The Morgan fingerprint density at radius 3 is 1.18 bits per heavy atom. The number of rotatable bonds is 18. The summed E-state index contributed by atoms with van der Waals surface area (Å²) >= 11 is 0.750. The molecular formula is C27H49O6Ti. The zero-order chi connectivity index (χ0) is 27.2. The van der Waals surface area contributed by atoms with E-state index >= 15 is 0 Å². The number of aliphatic carboxylic acids is 2. The van der Waals surface area contributed by atoms with Crippen molar-refractivity contribution in [2.45, 2.75) is 111 Å². The van der Waals surface area contributed by atoms with Crippen LogP contribution < -0.4 is 0 Å². The number of carboxylic acids is 2. The second kappa shape index (κ2) is 33.8. The molecule has 0 saturated carbocycles. The predicted octanol–water partition coefficient (Wildman–Crippen LogP) is 7.49. The molecule has 0 rings (SSSR count). The van der Waals surface area contributed by atoms with Crippen molar-refractivity contribution in [3.63, 3.8) is 0 Å². The van der Waals surface area contributed by atoms with E-state index in [-0.39, 0.29) is 5.92 Å². The Balaban J connectivity index is -0.000000309. The normalized spacial score (nSPS) is 10.5. The van der Waals surface area contributed by atoms with Crippen molar-refractivity contribution in [2.75, 3.05) is 0 Å². The predicted molar refractivity (Wildman–Crippen MR) is 135 cm³/mol. The maximum absolute atomic E-state index is 10.8. The van der Waals surface area contributed by atoms with Crippen LogP contribution in [0.4, 0.5) is 0 Å². The molecule has 0 aliphatic rings. The first kappa shape index (κ1) is 39.8. The number of hydrogen-bond acceptors (Lipinski definition) is 4. The van der Waals surface area contributed by atoms with Gasteiger partial charge >= 0.3 is 35.7 Å². The molecule has 197 valence electrons. The molecule has 0 aliphatic carbocycles. The Kier molecular flexibility index (Phi) is 39.5. The third-order valence-electron chi connectivity index (χ3n) is 5.10. The summed E-state index contributed by atoms with van der Waals surface area (Å²) in [5.41, 5.74) is 0. The van der Waals surface area contributed by atoms with Crippen LogP contribution >= 0.6 is 0 Å². The molecule has 1 atom stereocenters. The summed E-state index contributed by atoms with van der Waals surface area (Å²) < 4.78 is 8.25. The zero-order valence-corrected chi connectivity index (χ0v) is 23.6. The maximum atomic E-state index is 10.8. The molecule has 2 N–H and O–H groups in total. The zero-order valence-electron chi connectivity index (χ0n) is 22.0. The first-order valence-corrected chi connectivity index (χ1v) is 13.0. The third kappa shape index (κ3) is 44.3. The van der Waals surface area contributed by atoms with Gasteiger partial charge in [-0.2, -0.15) is 0 Å². The van der Waals surface area contributed by atoms with Gasteiger partial charge in [-0.05, 0) is 5.92 Å². The van der Waals surface area contributed by atoms with Crippen LogP contribution in [0.5, 0.6) is 0 Å². The average molecular weight is 518 g/mol. The number of unbranched alkanes of at least 4 members (excludes halogenated alkanes) is 10. The molecule has 0 amide bonds. The molecule has 1 unspecified atom stereocenters.